The van der Waals surface area contributed by atoms with Crippen molar-refractivity contribution in [3.8, 4) is 0 Å². The van der Waals surface area contributed by atoms with Crippen LogP contribution in [0.15, 0.2) is 22.6 Å². The molecule has 1 heterocycles. The summed E-state index contributed by atoms with van der Waals surface area (Å²) >= 11 is 0.139. The third-order valence-electron chi connectivity index (χ3n) is 0.927. The fraction of sp³-hybridized carbons (Fsp3) is 0. The zero-order valence-corrected chi connectivity index (χ0v) is 6.49. The summed E-state index contributed by atoms with van der Waals surface area (Å²) in [4.78, 5) is 14.1. The molecule has 2 nitrogen and oxygen atoms in total. The van der Waals surface area contributed by atoms with E-state index in [2.05, 4.69) is 0 Å². The van der Waals surface area contributed by atoms with Crippen LogP contribution < -0.4 is 0 Å². The number of carboxylic acid groups (broad SMARTS) is 1. The molecule has 1 aliphatic heterocycles. The first-order chi connectivity index (χ1) is 4.30. The molecule has 0 aromatic rings. The van der Waals surface area contributed by atoms with Crippen molar-refractivity contribution in [3.63, 3.8) is 0 Å². The first-order valence-electron chi connectivity index (χ1n) is 2.44. The van der Waals surface area contributed by atoms with Gasteiger partial charge in [0.15, 0.2) is 0 Å². The van der Waals surface area contributed by atoms with Crippen molar-refractivity contribution in [2.75, 3.05) is 0 Å². The van der Waals surface area contributed by atoms with E-state index in [1.807, 2.05) is 9.67 Å². The molecule has 0 saturated carbocycles. The molecule has 0 aromatic carbocycles. The zero-order chi connectivity index (χ0) is 6.69. The molecule has 0 unspecified atom stereocenters. The summed E-state index contributed by atoms with van der Waals surface area (Å²) in [6.07, 6.45) is 3.31. The van der Waals surface area contributed by atoms with Crippen LogP contribution in [0.2, 0.25) is 0 Å². The van der Waals surface area contributed by atoms with E-state index in [1.54, 1.807) is 12.2 Å². The van der Waals surface area contributed by atoms with E-state index in [9.17, 15) is 4.79 Å². The average molecular weight is 184 g/mol. The molecule has 1 N–H and O–H groups in total. The Labute approximate surface area is 59.1 Å². The van der Waals surface area contributed by atoms with Gasteiger partial charge in [0, 0.05) is 0 Å². The molecule has 3 heteroatoms. The Kier molecular flexibility index (Phi) is 2.01. The van der Waals surface area contributed by atoms with Crippen LogP contribution in [0.1, 0.15) is 0 Å². The van der Waals surface area contributed by atoms with Gasteiger partial charge in [-0.3, -0.25) is 0 Å². The summed E-state index contributed by atoms with van der Waals surface area (Å²) in [5.74, 6) is -0.844. The van der Waals surface area contributed by atoms with Gasteiger partial charge in [-0.05, 0) is 0 Å². The second-order valence-corrected chi connectivity index (χ2v) is 3.42. The Bertz CT molecular complexity index is 213. The Morgan fingerprint density at radius 3 is 2.78 bits per heavy atom. The molecule has 46 valence electrons. The third-order valence-corrected chi connectivity index (χ3v) is 2.28. The molecule has 0 radical (unpaired) electrons. The van der Waals surface area contributed by atoms with Gasteiger partial charge in [-0.25, -0.2) is 0 Å². The average Bonchev–Trinajstić information content (AvgIpc) is 1.90. The van der Waals surface area contributed by atoms with Gasteiger partial charge < -0.3 is 0 Å². The first-order valence-corrected chi connectivity index (χ1v) is 4.61. The Hall–Kier alpha value is -0.622. The van der Waals surface area contributed by atoms with Gasteiger partial charge in [0.1, 0.15) is 0 Å². The fourth-order valence-electron chi connectivity index (χ4n) is 0.494. The van der Waals surface area contributed by atoms with Gasteiger partial charge in [-0.15, -0.1) is 0 Å². The number of hydrogen-bond acceptors (Lipinski definition) is 1. The van der Waals surface area contributed by atoms with Crippen molar-refractivity contribution in [2.24, 2.45) is 0 Å². The van der Waals surface area contributed by atoms with E-state index < -0.39 is 5.97 Å². The number of carbonyl (C=O) groups is 1. The van der Waals surface area contributed by atoms with E-state index in [0.29, 0.717) is 5.57 Å². The molecule has 0 bridgehead atoms. The van der Waals surface area contributed by atoms with E-state index in [4.69, 9.17) is 5.11 Å². The number of allylic oxidation sites excluding steroid dienone is 1. The molecule has 0 atom stereocenters. The number of hydrogen-bond donors (Lipinski definition) is 1. The van der Waals surface area contributed by atoms with E-state index in [0.717, 1.165) is 0 Å². The molecule has 0 fully saturated rings. The Morgan fingerprint density at radius 1 is 1.67 bits per heavy atom. The van der Waals surface area contributed by atoms with Crippen molar-refractivity contribution in [1.29, 1.82) is 0 Å². The molecule has 9 heavy (non-hydrogen) atoms. The van der Waals surface area contributed by atoms with Crippen molar-refractivity contribution in [2.45, 2.75) is 0 Å². The minimum atomic E-state index is -0.844. The summed E-state index contributed by atoms with van der Waals surface area (Å²) < 4.78 is 0. The molecule has 0 aliphatic carbocycles. The van der Waals surface area contributed by atoms with Gasteiger partial charge in [-0.1, -0.05) is 0 Å². The summed E-state index contributed by atoms with van der Waals surface area (Å²) in [5.41, 5.74) is 0.386. The summed E-state index contributed by atoms with van der Waals surface area (Å²) in [6.45, 7) is 0. The monoisotopic (exact) mass is 184 g/mol. The fourth-order valence-corrected chi connectivity index (χ4v) is 1.74. The molecule has 0 saturated heterocycles. The van der Waals surface area contributed by atoms with Crippen molar-refractivity contribution in [3.05, 3.63) is 22.6 Å². The van der Waals surface area contributed by atoms with Crippen LogP contribution in [-0.4, -0.2) is 31.2 Å². The van der Waals surface area contributed by atoms with Crippen LogP contribution >= 0.6 is 0 Å². The predicted octanol–water partition coefficient (Wildman–Crippen LogP) is 0.0311. The van der Waals surface area contributed by atoms with Crippen molar-refractivity contribution < 1.29 is 9.90 Å². The van der Waals surface area contributed by atoms with Gasteiger partial charge in [0.25, 0.3) is 0 Å². The molecule has 1 rings (SSSR count). The normalized spacial score (nSPS) is 17.1. The number of rotatable bonds is 1. The molecular formula is C6H5AsO2. The second kappa shape index (κ2) is 2.79. The van der Waals surface area contributed by atoms with Crippen LogP contribution in [-0.2, 0) is 4.79 Å². The molecule has 0 aromatic heterocycles. The van der Waals surface area contributed by atoms with Gasteiger partial charge >= 0.3 is 58.6 Å². The quantitative estimate of drug-likeness (QED) is 0.583. The first kappa shape index (κ1) is 6.50. The summed E-state index contributed by atoms with van der Waals surface area (Å²) in [6, 6.07) is 0. The Morgan fingerprint density at radius 2 is 2.44 bits per heavy atom. The molecule has 1 aliphatic rings. The van der Waals surface area contributed by atoms with Crippen LogP contribution in [0.5, 0.6) is 0 Å². The Balaban J connectivity index is 2.84. The van der Waals surface area contributed by atoms with Gasteiger partial charge in [-0.2, -0.15) is 0 Å². The van der Waals surface area contributed by atoms with Gasteiger partial charge in [0.2, 0.25) is 0 Å². The summed E-state index contributed by atoms with van der Waals surface area (Å²) in [5, 5.41) is 8.41. The van der Waals surface area contributed by atoms with Crippen molar-refractivity contribution in [1.82, 2.24) is 0 Å². The molecular weight excluding hydrogens is 179 g/mol. The van der Waals surface area contributed by atoms with Crippen molar-refractivity contribution >= 4 is 26.1 Å². The van der Waals surface area contributed by atoms with E-state index >= 15 is 0 Å². The second-order valence-electron chi connectivity index (χ2n) is 1.54. The van der Waals surface area contributed by atoms with Crippen LogP contribution in [0.4, 0.5) is 0 Å². The number of carboxylic acids is 1. The molecule has 0 spiro atoms. The van der Waals surface area contributed by atoms with Crippen LogP contribution in [0, 0.1) is 0 Å². The third kappa shape index (κ3) is 1.65. The predicted molar refractivity (Wildman–Crippen MR) is 36.7 cm³/mol. The summed E-state index contributed by atoms with van der Waals surface area (Å²) in [7, 11) is 0. The topological polar surface area (TPSA) is 37.3 Å². The standard InChI is InChI=1S/C6H5AsO2/c8-6(9)5-1-3-7-4-2-5/h1-4H,(H,8,9). The van der Waals surface area contributed by atoms with Crippen LogP contribution in [0.25, 0.3) is 0 Å². The minimum absolute atomic E-state index is 0.139. The maximum absolute atomic E-state index is 10.2. The van der Waals surface area contributed by atoms with E-state index in [-0.39, 0.29) is 15.3 Å². The maximum atomic E-state index is 10.2. The van der Waals surface area contributed by atoms with E-state index in [1.165, 1.54) is 0 Å². The SMILES string of the molecule is O=C(O)C1=CC=[As]C=C1. The van der Waals surface area contributed by atoms with Crippen LogP contribution in [0.3, 0.4) is 0 Å². The zero-order valence-electron chi connectivity index (χ0n) is 4.61. The number of aliphatic carboxylic acids is 1. The molecule has 0 amide bonds. The van der Waals surface area contributed by atoms with Gasteiger partial charge in [0.05, 0.1) is 0 Å².